The van der Waals surface area contributed by atoms with Gasteiger partial charge in [-0.2, -0.15) is 0 Å². The van der Waals surface area contributed by atoms with E-state index >= 15 is 0 Å². The Labute approximate surface area is 142 Å². The van der Waals surface area contributed by atoms with E-state index in [0.717, 1.165) is 0 Å². The van der Waals surface area contributed by atoms with E-state index in [-0.39, 0.29) is 5.91 Å². The molecule has 0 bridgehead atoms. The molecule has 4 nitrogen and oxygen atoms in total. The van der Waals surface area contributed by atoms with Gasteiger partial charge in [0, 0.05) is 21.7 Å². The smallest absolute Gasteiger partial charge is 0.255 e. The van der Waals surface area contributed by atoms with Crippen molar-refractivity contribution in [2.24, 2.45) is 0 Å². The Bertz CT molecular complexity index is 699. The summed E-state index contributed by atoms with van der Waals surface area (Å²) in [5, 5.41) is 3.80. The van der Waals surface area contributed by atoms with Gasteiger partial charge in [-0.1, -0.05) is 34.8 Å². The highest BCUT2D eigenvalue weighted by Gasteiger charge is 2.14. The highest BCUT2D eigenvalue weighted by atomic mass is 35.5. The fourth-order valence-corrected chi connectivity index (χ4v) is 2.60. The fourth-order valence-electron chi connectivity index (χ4n) is 1.84. The lowest BCUT2D eigenvalue weighted by Crippen LogP contribution is -2.12. The van der Waals surface area contributed by atoms with Crippen molar-refractivity contribution in [3.8, 4) is 11.5 Å². The van der Waals surface area contributed by atoms with Crippen LogP contribution in [0.25, 0.3) is 0 Å². The number of nitrogens with one attached hydrogen (secondary N) is 1. The van der Waals surface area contributed by atoms with Crippen LogP contribution in [0.5, 0.6) is 11.5 Å². The molecule has 0 fully saturated rings. The molecule has 0 heterocycles. The van der Waals surface area contributed by atoms with Gasteiger partial charge in [0.05, 0.1) is 24.9 Å². The van der Waals surface area contributed by atoms with E-state index in [0.29, 0.717) is 37.8 Å². The molecule has 0 aliphatic heterocycles. The molecule has 1 N–H and O–H groups in total. The molecule has 22 heavy (non-hydrogen) atoms. The summed E-state index contributed by atoms with van der Waals surface area (Å²) in [7, 11) is 2.97. The Kier molecular flexibility index (Phi) is 5.40. The van der Waals surface area contributed by atoms with Crippen molar-refractivity contribution < 1.29 is 14.3 Å². The first kappa shape index (κ1) is 16.7. The maximum Gasteiger partial charge on any atom is 0.255 e. The molecule has 0 aromatic heterocycles. The molecule has 7 heteroatoms. The van der Waals surface area contributed by atoms with Gasteiger partial charge >= 0.3 is 0 Å². The number of halogens is 3. The van der Waals surface area contributed by atoms with Gasteiger partial charge in [-0.25, -0.2) is 0 Å². The van der Waals surface area contributed by atoms with Crippen molar-refractivity contribution in [2.75, 3.05) is 19.5 Å². The van der Waals surface area contributed by atoms with Crippen molar-refractivity contribution >= 4 is 46.4 Å². The predicted octanol–water partition coefficient (Wildman–Crippen LogP) is 4.92. The van der Waals surface area contributed by atoms with E-state index in [1.54, 1.807) is 18.2 Å². The number of ether oxygens (including phenoxy) is 2. The molecule has 0 atom stereocenters. The normalized spacial score (nSPS) is 10.2. The van der Waals surface area contributed by atoms with Gasteiger partial charge in [-0.15, -0.1) is 0 Å². The third-order valence-corrected chi connectivity index (χ3v) is 3.58. The maximum absolute atomic E-state index is 12.3. The molecule has 0 saturated carbocycles. The van der Waals surface area contributed by atoms with E-state index < -0.39 is 0 Å². The van der Waals surface area contributed by atoms with Crippen LogP contribution >= 0.6 is 34.8 Å². The van der Waals surface area contributed by atoms with Crippen LogP contribution in [0.2, 0.25) is 15.1 Å². The van der Waals surface area contributed by atoms with Crippen LogP contribution in [0, 0.1) is 0 Å². The molecule has 0 saturated heterocycles. The van der Waals surface area contributed by atoms with Gasteiger partial charge in [0.1, 0.15) is 11.5 Å². The predicted molar refractivity (Wildman–Crippen MR) is 89.0 cm³/mol. The van der Waals surface area contributed by atoms with Crippen molar-refractivity contribution in [3.63, 3.8) is 0 Å². The van der Waals surface area contributed by atoms with Crippen LogP contribution in [-0.4, -0.2) is 20.1 Å². The van der Waals surface area contributed by atoms with E-state index in [4.69, 9.17) is 44.3 Å². The molecule has 0 aliphatic carbocycles. The fraction of sp³-hybridized carbons (Fsp3) is 0.133. The molecule has 2 rings (SSSR count). The number of anilines is 1. The van der Waals surface area contributed by atoms with Crippen LogP contribution < -0.4 is 14.8 Å². The number of carbonyl (C=O) groups excluding carboxylic acids is 1. The van der Waals surface area contributed by atoms with Crippen molar-refractivity contribution in [3.05, 3.63) is 51.0 Å². The molecule has 0 unspecified atom stereocenters. The molecule has 2 aromatic carbocycles. The minimum Gasteiger partial charge on any atom is -0.495 e. The summed E-state index contributed by atoms with van der Waals surface area (Å²) < 4.78 is 10.3. The van der Waals surface area contributed by atoms with Crippen molar-refractivity contribution in [1.82, 2.24) is 0 Å². The Morgan fingerprint density at radius 2 is 1.50 bits per heavy atom. The van der Waals surface area contributed by atoms with Gasteiger partial charge in [-0.05, 0) is 24.3 Å². The van der Waals surface area contributed by atoms with Crippen molar-refractivity contribution in [1.29, 1.82) is 0 Å². The zero-order valence-corrected chi connectivity index (χ0v) is 14.0. The number of hydrogen-bond acceptors (Lipinski definition) is 3. The zero-order valence-electron chi connectivity index (χ0n) is 11.7. The first-order valence-electron chi connectivity index (χ1n) is 6.13. The average Bonchev–Trinajstić information content (AvgIpc) is 2.46. The van der Waals surface area contributed by atoms with Crippen LogP contribution in [0.1, 0.15) is 10.4 Å². The molecule has 1 amide bonds. The lowest BCUT2D eigenvalue weighted by molar-refractivity contribution is 0.102. The molecule has 116 valence electrons. The second kappa shape index (κ2) is 7.09. The summed E-state index contributed by atoms with van der Waals surface area (Å²) in [5.74, 6) is 0.481. The molecular weight excluding hydrogens is 349 g/mol. The Morgan fingerprint density at radius 3 is 2.05 bits per heavy atom. The summed E-state index contributed by atoms with van der Waals surface area (Å²) in [6.45, 7) is 0. The number of benzene rings is 2. The first-order chi connectivity index (χ1) is 10.4. The largest absolute Gasteiger partial charge is 0.495 e. The van der Waals surface area contributed by atoms with Gasteiger partial charge in [0.15, 0.2) is 0 Å². The minimum atomic E-state index is -0.385. The maximum atomic E-state index is 12.3. The highest BCUT2D eigenvalue weighted by Crippen LogP contribution is 2.36. The number of amides is 1. The number of rotatable bonds is 4. The zero-order chi connectivity index (χ0) is 16.3. The SMILES string of the molecule is COc1cc(OC)c(NC(=O)c2cc(Cl)cc(Cl)c2)cc1Cl. The van der Waals surface area contributed by atoms with Crippen LogP contribution in [0.4, 0.5) is 5.69 Å². The number of hydrogen-bond donors (Lipinski definition) is 1. The van der Waals surface area contributed by atoms with Gasteiger partial charge in [0.2, 0.25) is 0 Å². The number of carbonyl (C=O) groups is 1. The molecular formula is C15H12Cl3NO3. The highest BCUT2D eigenvalue weighted by molar-refractivity contribution is 6.35. The van der Waals surface area contributed by atoms with Crippen LogP contribution in [0.15, 0.2) is 30.3 Å². The van der Waals surface area contributed by atoms with Gasteiger partial charge < -0.3 is 14.8 Å². The molecule has 0 spiro atoms. The summed E-state index contributed by atoms with van der Waals surface area (Å²) in [6, 6.07) is 7.71. The Hall–Kier alpha value is -1.62. The second-order valence-corrected chi connectivity index (χ2v) is 5.58. The molecule has 0 radical (unpaired) electrons. The quantitative estimate of drug-likeness (QED) is 0.842. The van der Waals surface area contributed by atoms with Crippen LogP contribution in [-0.2, 0) is 0 Å². The standard InChI is InChI=1S/C15H12Cl3NO3/c1-21-13-7-14(22-2)12(6-11(13)18)19-15(20)8-3-9(16)5-10(17)4-8/h3-7H,1-2H3,(H,19,20). The molecule has 2 aromatic rings. The third kappa shape index (κ3) is 3.77. The Morgan fingerprint density at radius 1 is 0.909 bits per heavy atom. The summed E-state index contributed by atoms with van der Waals surface area (Å²) in [4.78, 5) is 12.3. The van der Waals surface area contributed by atoms with E-state index in [1.165, 1.54) is 26.4 Å². The Balaban J connectivity index is 2.33. The number of methoxy groups -OCH3 is 2. The van der Waals surface area contributed by atoms with E-state index in [1.807, 2.05) is 0 Å². The summed E-state index contributed by atoms with van der Waals surface area (Å²) in [5.41, 5.74) is 0.737. The monoisotopic (exact) mass is 359 g/mol. The summed E-state index contributed by atoms with van der Waals surface area (Å²) >= 11 is 17.9. The van der Waals surface area contributed by atoms with Crippen molar-refractivity contribution in [2.45, 2.75) is 0 Å². The third-order valence-electron chi connectivity index (χ3n) is 2.85. The molecule has 0 aliphatic rings. The van der Waals surface area contributed by atoms with Gasteiger partial charge in [0.25, 0.3) is 5.91 Å². The van der Waals surface area contributed by atoms with E-state index in [9.17, 15) is 4.79 Å². The minimum absolute atomic E-state index is 0.325. The topological polar surface area (TPSA) is 47.6 Å². The van der Waals surface area contributed by atoms with E-state index in [2.05, 4.69) is 5.32 Å². The lowest BCUT2D eigenvalue weighted by Gasteiger charge is -2.13. The lowest BCUT2D eigenvalue weighted by atomic mass is 10.2. The summed E-state index contributed by atoms with van der Waals surface area (Å²) in [6.07, 6.45) is 0. The first-order valence-corrected chi connectivity index (χ1v) is 7.27. The van der Waals surface area contributed by atoms with Crippen LogP contribution in [0.3, 0.4) is 0 Å². The second-order valence-electron chi connectivity index (χ2n) is 4.30. The average molecular weight is 361 g/mol. The van der Waals surface area contributed by atoms with Gasteiger partial charge in [-0.3, -0.25) is 4.79 Å².